The molecule has 2 aromatic carbocycles. The zero-order valence-electron chi connectivity index (χ0n) is 22.1. The molecule has 0 unspecified atom stereocenters. The Balaban J connectivity index is 1.32. The van der Waals surface area contributed by atoms with E-state index in [-0.39, 0.29) is 18.6 Å². The van der Waals surface area contributed by atoms with Crippen LogP contribution in [0, 0.1) is 0 Å². The van der Waals surface area contributed by atoms with Crippen molar-refractivity contribution in [3.05, 3.63) is 59.7 Å². The van der Waals surface area contributed by atoms with Crippen LogP contribution in [0.5, 0.6) is 11.5 Å². The normalized spacial score (nSPS) is 18.6. The van der Waals surface area contributed by atoms with Crippen LogP contribution in [-0.4, -0.2) is 80.5 Å². The van der Waals surface area contributed by atoms with Gasteiger partial charge in [0.2, 0.25) is 0 Å². The van der Waals surface area contributed by atoms with Crippen LogP contribution in [0.1, 0.15) is 43.2 Å². The van der Waals surface area contributed by atoms with Gasteiger partial charge in [0, 0.05) is 26.2 Å². The van der Waals surface area contributed by atoms with Crippen LogP contribution in [0.25, 0.3) is 0 Å². The largest absolute Gasteiger partial charge is 0.497 e. The number of methoxy groups -OCH3 is 1. The Morgan fingerprint density at radius 3 is 2.11 bits per heavy atom. The lowest BCUT2D eigenvalue weighted by molar-refractivity contribution is -0.133. The van der Waals surface area contributed by atoms with Crippen LogP contribution in [0.3, 0.4) is 0 Å². The summed E-state index contributed by atoms with van der Waals surface area (Å²) < 4.78 is 36.3. The number of benzene rings is 2. The average Bonchev–Trinajstić information content (AvgIpc) is 2.94. The highest BCUT2D eigenvalue weighted by Crippen LogP contribution is 2.34. The summed E-state index contributed by atoms with van der Waals surface area (Å²) in [6, 6.07) is 14.7. The third-order valence-electron chi connectivity index (χ3n) is 7.74. The van der Waals surface area contributed by atoms with Gasteiger partial charge in [0.1, 0.15) is 18.1 Å². The summed E-state index contributed by atoms with van der Waals surface area (Å²) in [6.45, 7) is 5.41. The number of rotatable bonds is 11. The molecule has 2 fully saturated rings. The van der Waals surface area contributed by atoms with E-state index in [1.807, 2.05) is 24.3 Å². The first-order valence-corrected chi connectivity index (χ1v) is 15.0. The number of sulfone groups is 1. The van der Waals surface area contributed by atoms with Crippen LogP contribution in [0.15, 0.2) is 48.5 Å². The summed E-state index contributed by atoms with van der Waals surface area (Å²) in [4.78, 5) is 17.3. The van der Waals surface area contributed by atoms with Gasteiger partial charge in [0.05, 0.1) is 12.9 Å². The second kappa shape index (κ2) is 12.9. The number of nitrogens with zero attached hydrogens (tertiary/aromatic N) is 2. The molecule has 2 aliphatic rings. The molecule has 0 radical (unpaired) electrons. The molecule has 0 spiro atoms. The number of amides is 1. The number of carbonyl (C=O) groups excluding carboxylic acids is 1. The third kappa shape index (κ3) is 6.85. The standard InChI is InChI=1S/C28H39N3O6S/c1-36-25-9-7-24(8-10-25)22-38(34,35)28(27(32)29-33)13-17-31(18-14-28)21-23-5-11-26(12-6-23)37-20-19-30-15-3-2-4-16-30/h5-12,33H,2-4,13-22H2,1H3,(H,29,32). The summed E-state index contributed by atoms with van der Waals surface area (Å²) in [6.07, 6.45) is 4.08. The molecule has 2 aliphatic heterocycles. The minimum absolute atomic E-state index is 0.107. The maximum absolute atomic E-state index is 13.5. The van der Waals surface area contributed by atoms with Gasteiger partial charge in [-0.3, -0.25) is 19.8 Å². The molecule has 0 bridgehead atoms. The molecule has 0 atom stereocenters. The predicted octanol–water partition coefficient (Wildman–Crippen LogP) is 3.01. The van der Waals surface area contributed by atoms with E-state index < -0.39 is 20.5 Å². The Labute approximate surface area is 225 Å². The number of carbonyl (C=O) groups is 1. The topological polar surface area (TPSA) is 108 Å². The van der Waals surface area contributed by atoms with Gasteiger partial charge in [-0.15, -0.1) is 0 Å². The van der Waals surface area contributed by atoms with E-state index >= 15 is 0 Å². The highest BCUT2D eigenvalue weighted by molar-refractivity contribution is 7.92. The molecule has 38 heavy (non-hydrogen) atoms. The lowest BCUT2D eigenvalue weighted by Crippen LogP contribution is -2.57. The fourth-order valence-electron chi connectivity index (χ4n) is 5.36. The fourth-order valence-corrected chi connectivity index (χ4v) is 7.40. The van der Waals surface area contributed by atoms with E-state index in [1.54, 1.807) is 36.9 Å². The molecule has 10 heteroatoms. The van der Waals surface area contributed by atoms with Crippen molar-refractivity contribution < 1.29 is 27.9 Å². The molecule has 9 nitrogen and oxygen atoms in total. The van der Waals surface area contributed by atoms with Gasteiger partial charge in [-0.05, 0) is 74.2 Å². The Kier molecular flexibility index (Phi) is 9.64. The van der Waals surface area contributed by atoms with Gasteiger partial charge in [-0.2, -0.15) is 0 Å². The summed E-state index contributed by atoms with van der Waals surface area (Å²) in [5, 5.41) is 9.40. The predicted molar refractivity (Wildman–Crippen MR) is 145 cm³/mol. The maximum Gasteiger partial charge on any atom is 0.264 e. The lowest BCUT2D eigenvalue weighted by Gasteiger charge is -2.39. The summed E-state index contributed by atoms with van der Waals surface area (Å²) in [5.74, 6) is 0.313. The Hall–Kier alpha value is -2.66. The van der Waals surface area contributed by atoms with Crippen molar-refractivity contribution in [1.82, 2.24) is 15.3 Å². The monoisotopic (exact) mass is 545 g/mol. The second-order valence-electron chi connectivity index (χ2n) is 10.2. The Bertz CT molecular complexity index is 1140. The van der Waals surface area contributed by atoms with Crippen molar-refractivity contribution in [3.8, 4) is 11.5 Å². The minimum Gasteiger partial charge on any atom is -0.497 e. The highest BCUT2D eigenvalue weighted by Gasteiger charge is 2.52. The van der Waals surface area contributed by atoms with E-state index in [9.17, 15) is 18.4 Å². The minimum atomic E-state index is -3.91. The number of hydroxylamine groups is 1. The first kappa shape index (κ1) is 28.4. The van der Waals surface area contributed by atoms with E-state index in [0.29, 0.717) is 37.6 Å². The van der Waals surface area contributed by atoms with E-state index in [2.05, 4.69) is 9.80 Å². The van der Waals surface area contributed by atoms with Gasteiger partial charge >= 0.3 is 0 Å². The van der Waals surface area contributed by atoms with Gasteiger partial charge in [0.15, 0.2) is 14.6 Å². The average molecular weight is 546 g/mol. The summed E-state index contributed by atoms with van der Waals surface area (Å²) >= 11 is 0. The van der Waals surface area contributed by atoms with Crippen LogP contribution in [-0.2, 0) is 26.9 Å². The molecule has 0 aliphatic carbocycles. The first-order chi connectivity index (χ1) is 18.3. The van der Waals surface area contributed by atoms with Crippen molar-refractivity contribution in [2.45, 2.75) is 49.1 Å². The van der Waals surface area contributed by atoms with Crippen molar-refractivity contribution >= 4 is 15.7 Å². The van der Waals surface area contributed by atoms with Crippen LogP contribution >= 0.6 is 0 Å². The second-order valence-corrected chi connectivity index (χ2v) is 12.5. The number of hydrogen-bond acceptors (Lipinski definition) is 8. The number of nitrogens with one attached hydrogen (secondary N) is 1. The number of piperidine rings is 2. The molecular weight excluding hydrogens is 506 g/mol. The van der Waals surface area contributed by atoms with Crippen molar-refractivity contribution in [1.29, 1.82) is 0 Å². The van der Waals surface area contributed by atoms with Crippen molar-refractivity contribution in [3.63, 3.8) is 0 Å². The SMILES string of the molecule is COc1ccc(CS(=O)(=O)C2(C(=O)NO)CCN(Cc3ccc(OCCN4CCCCC4)cc3)CC2)cc1. The third-order valence-corrected chi connectivity index (χ3v) is 10.2. The van der Waals surface area contributed by atoms with Gasteiger partial charge in [-0.25, -0.2) is 13.9 Å². The molecule has 4 rings (SSSR count). The van der Waals surface area contributed by atoms with Crippen molar-refractivity contribution in [2.24, 2.45) is 0 Å². The van der Waals surface area contributed by atoms with Gasteiger partial charge in [0.25, 0.3) is 5.91 Å². The summed E-state index contributed by atoms with van der Waals surface area (Å²) in [5.41, 5.74) is 3.28. The zero-order valence-corrected chi connectivity index (χ0v) is 22.9. The number of hydrogen-bond donors (Lipinski definition) is 2. The molecule has 2 N–H and O–H groups in total. The van der Waals surface area contributed by atoms with E-state index in [0.717, 1.165) is 30.9 Å². The lowest BCUT2D eigenvalue weighted by atomic mass is 9.94. The number of likely N-dealkylation sites (tertiary alicyclic amines) is 2. The highest BCUT2D eigenvalue weighted by atomic mass is 32.2. The zero-order chi connectivity index (χ0) is 27.0. The number of ether oxygens (including phenoxy) is 2. The molecule has 0 aromatic heterocycles. The Morgan fingerprint density at radius 2 is 1.50 bits per heavy atom. The smallest absolute Gasteiger partial charge is 0.264 e. The fraction of sp³-hybridized carbons (Fsp3) is 0.536. The molecule has 208 valence electrons. The van der Waals surface area contributed by atoms with Crippen molar-refractivity contribution in [2.75, 3.05) is 46.4 Å². The van der Waals surface area contributed by atoms with Crippen LogP contribution < -0.4 is 15.0 Å². The molecule has 1 amide bonds. The maximum atomic E-state index is 13.5. The van der Waals surface area contributed by atoms with Gasteiger partial charge < -0.3 is 9.47 Å². The summed E-state index contributed by atoms with van der Waals surface area (Å²) in [7, 11) is -2.37. The molecular formula is C28H39N3O6S. The Morgan fingerprint density at radius 1 is 0.895 bits per heavy atom. The quantitative estimate of drug-likeness (QED) is 0.328. The molecule has 2 saturated heterocycles. The van der Waals surface area contributed by atoms with Crippen LogP contribution in [0.4, 0.5) is 0 Å². The van der Waals surface area contributed by atoms with E-state index in [1.165, 1.54) is 19.3 Å². The van der Waals surface area contributed by atoms with Crippen LogP contribution in [0.2, 0.25) is 0 Å². The first-order valence-electron chi connectivity index (χ1n) is 13.3. The molecule has 2 heterocycles. The molecule has 0 saturated carbocycles. The molecule has 2 aromatic rings. The van der Waals surface area contributed by atoms with E-state index in [4.69, 9.17) is 9.47 Å². The van der Waals surface area contributed by atoms with Gasteiger partial charge in [-0.1, -0.05) is 30.7 Å².